The second-order valence-corrected chi connectivity index (χ2v) is 6.22. The Bertz CT molecular complexity index is 527. The summed E-state index contributed by atoms with van der Waals surface area (Å²) in [6.07, 6.45) is 2.61. The van der Waals surface area contributed by atoms with Gasteiger partial charge in [0.2, 0.25) is 0 Å². The van der Waals surface area contributed by atoms with Gasteiger partial charge in [-0.25, -0.2) is 0 Å². The molecule has 1 aromatic carbocycles. The van der Waals surface area contributed by atoms with Crippen molar-refractivity contribution in [2.75, 3.05) is 13.1 Å². The van der Waals surface area contributed by atoms with Crippen molar-refractivity contribution in [3.63, 3.8) is 0 Å². The fourth-order valence-corrected chi connectivity index (χ4v) is 3.20. The van der Waals surface area contributed by atoms with E-state index in [0.29, 0.717) is 35.1 Å². The fraction of sp³-hybridized carbons (Fsp3) is 0.467. The zero-order valence-corrected chi connectivity index (χ0v) is 13.0. The first-order valence-electron chi connectivity index (χ1n) is 6.93. The molecule has 1 aliphatic rings. The van der Waals surface area contributed by atoms with E-state index in [2.05, 4.69) is 0 Å². The molecule has 1 fully saturated rings. The van der Waals surface area contributed by atoms with Crippen LogP contribution < -0.4 is 0 Å². The zero-order valence-electron chi connectivity index (χ0n) is 11.5. The van der Waals surface area contributed by atoms with Crippen LogP contribution in [0.5, 0.6) is 0 Å². The van der Waals surface area contributed by atoms with E-state index in [1.54, 1.807) is 23.1 Å². The highest BCUT2D eigenvalue weighted by Gasteiger charge is 2.25. The number of hydrogen-bond donors (Lipinski definition) is 1. The van der Waals surface area contributed by atoms with Gasteiger partial charge in [0.05, 0.1) is 0 Å². The number of piperidine rings is 1. The van der Waals surface area contributed by atoms with Crippen molar-refractivity contribution in [1.29, 1.82) is 0 Å². The van der Waals surface area contributed by atoms with E-state index in [1.165, 1.54) is 0 Å². The molecule has 1 atom stereocenters. The number of carbonyl (C=O) groups excluding carboxylic acids is 1. The minimum Gasteiger partial charge on any atom is -0.481 e. The number of carboxylic acids is 1. The summed E-state index contributed by atoms with van der Waals surface area (Å²) in [5, 5.41) is 9.62. The molecule has 0 radical (unpaired) electrons. The molecule has 4 nitrogen and oxygen atoms in total. The molecule has 1 aromatic rings. The second-order valence-electron chi connectivity index (χ2n) is 5.35. The van der Waals surface area contributed by atoms with Crippen LogP contribution in [-0.2, 0) is 4.79 Å². The molecular weight excluding hydrogens is 313 g/mol. The predicted octanol–water partition coefficient (Wildman–Crippen LogP) is 3.71. The first kappa shape index (κ1) is 16.1. The highest BCUT2D eigenvalue weighted by molar-refractivity contribution is 6.35. The zero-order chi connectivity index (χ0) is 15.4. The smallest absolute Gasteiger partial charge is 0.303 e. The molecular formula is C15H17Cl2NO3. The Morgan fingerprint density at radius 3 is 2.52 bits per heavy atom. The van der Waals surface area contributed by atoms with Gasteiger partial charge in [-0.15, -0.1) is 0 Å². The summed E-state index contributed by atoms with van der Waals surface area (Å²) in [6, 6.07) is 4.80. The van der Waals surface area contributed by atoms with Crippen molar-refractivity contribution in [3.05, 3.63) is 33.8 Å². The molecule has 1 N–H and O–H groups in total. The lowest BCUT2D eigenvalue weighted by atomic mass is 9.93. The molecule has 0 aromatic heterocycles. The Labute approximate surface area is 133 Å². The van der Waals surface area contributed by atoms with Crippen molar-refractivity contribution in [2.45, 2.75) is 25.7 Å². The Kier molecular flexibility index (Phi) is 5.48. The third-order valence-electron chi connectivity index (χ3n) is 3.68. The van der Waals surface area contributed by atoms with Gasteiger partial charge < -0.3 is 10.0 Å². The molecule has 114 valence electrons. The first-order chi connectivity index (χ1) is 9.95. The maximum atomic E-state index is 12.5. The van der Waals surface area contributed by atoms with Gasteiger partial charge in [0.1, 0.15) is 0 Å². The summed E-state index contributed by atoms with van der Waals surface area (Å²) in [4.78, 5) is 24.9. The van der Waals surface area contributed by atoms with Gasteiger partial charge in [0.15, 0.2) is 0 Å². The summed E-state index contributed by atoms with van der Waals surface area (Å²) < 4.78 is 0. The van der Waals surface area contributed by atoms with Crippen LogP contribution >= 0.6 is 23.2 Å². The lowest BCUT2D eigenvalue weighted by Crippen LogP contribution is -2.40. The molecule has 6 heteroatoms. The fourth-order valence-electron chi connectivity index (χ4n) is 2.67. The Hall–Kier alpha value is -1.26. The summed E-state index contributed by atoms with van der Waals surface area (Å²) in [6.45, 7) is 1.28. The maximum absolute atomic E-state index is 12.5. The number of rotatable bonds is 4. The Morgan fingerprint density at radius 2 is 1.90 bits per heavy atom. The molecule has 21 heavy (non-hydrogen) atoms. The molecule has 1 heterocycles. The van der Waals surface area contributed by atoms with E-state index < -0.39 is 5.97 Å². The molecule has 0 aliphatic carbocycles. The molecule has 1 amide bonds. The second kappa shape index (κ2) is 7.14. The minimum absolute atomic E-state index is 0.0978. The van der Waals surface area contributed by atoms with Gasteiger partial charge in [-0.2, -0.15) is 0 Å². The molecule has 2 rings (SSSR count). The van der Waals surface area contributed by atoms with Crippen molar-refractivity contribution >= 4 is 35.1 Å². The average Bonchev–Trinajstić information content (AvgIpc) is 2.43. The number of halogens is 2. The third-order valence-corrected chi connectivity index (χ3v) is 4.12. The number of carboxylic acid groups (broad SMARTS) is 1. The summed E-state index contributed by atoms with van der Waals surface area (Å²) in [5.41, 5.74) is 0.478. The van der Waals surface area contributed by atoms with Crippen molar-refractivity contribution in [3.8, 4) is 0 Å². The number of hydrogen-bond acceptors (Lipinski definition) is 2. The summed E-state index contributed by atoms with van der Waals surface area (Å²) in [5.74, 6) is -0.645. The van der Waals surface area contributed by atoms with Gasteiger partial charge in [-0.3, -0.25) is 9.59 Å². The van der Waals surface area contributed by atoms with Crippen molar-refractivity contribution < 1.29 is 14.7 Å². The normalized spacial score (nSPS) is 18.6. The summed E-state index contributed by atoms with van der Waals surface area (Å²) >= 11 is 11.9. The van der Waals surface area contributed by atoms with Crippen LogP contribution in [0.25, 0.3) is 0 Å². The van der Waals surface area contributed by atoms with E-state index in [-0.39, 0.29) is 18.2 Å². The SMILES string of the molecule is O=C(O)CC[C@@H]1CCCN(C(=O)c2cc(Cl)cc(Cl)c2)C1. The van der Waals surface area contributed by atoms with Crippen LogP contribution in [0.2, 0.25) is 10.0 Å². The van der Waals surface area contributed by atoms with E-state index >= 15 is 0 Å². The third kappa shape index (κ3) is 4.61. The van der Waals surface area contributed by atoms with Crippen molar-refractivity contribution in [2.24, 2.45) is 5.92 Å². The average molecular weight is 330 g/mol. The number of amides is 1. The Balaban J connectivity index is 2.03. The van der Waals surface area contributed by atoms with Gasteiger partial charge in [-0.05, 0) is 43.4 Å². The topological polar surface area (TPSA) is 57.6 Å². The minimum atomic E-state index is -0.792. The number of benzene rings is 1. The highest BCUT2D eigenvalue weighted by atomic mass is 35.5. The molecule has 0 saturated carbocycles. The highest BCUT2D eigenvalue weighted by Crippen LogP contribution is 2.25. The lowest BCUT2D eigenvalue weighted by Gasteiger charge is -2.32. The van der Waals surface area contributed by atoms with Crippen LogP contribution in [0.3, 0.4) is 0 Å². The van der Waals surface area contributed by atoms with Crippen LogP contribution in [0.4, 0.5) is 0 Å². The van der Waals surface area contributed by atoms with E-state index in [1.807, 2.05) is 0 Å². The number of aliphatic carboxylic acids is 1. The van der Waals surface area contributed by atoms with Gasteiger partial charge >= 0.3 is 5.97 Å². The monoisotopic (exact) mass is 329 g/mol. The van der Waals surface area contributed by atoms with Crippen LogP contribution in [0, 0.1) is 5.92 Å². The van der Waals surface area contributed by atoms with Gasteiger partial charge in [0.25, 0.3) is 5.91 Å². The molecule has 1 aliphatic heterocycles. The summed E-state index contributed by atoms with van der Waals surface area (Å²) in [7, 11) is 0. The van der Waals surface area contributed by atoms with Gasteiger partial charge in [0, 0.05) is 35.1 Å². The van der Waals surface area contributed by atoms with Crippen LogP contribution in [0.15, 0.2) is 18.2 Å². The van der Waals surface area contributed by atoms with Crippen LogP contribution in [0.1, 0.15) is 36.0 Å². The van der Waals surface area contributed by atoms with E-state index in [9.17, 15) is 9.59 Å². The number of nitrogens with zero attached hydrogens (tertiary/aromatic N) is 1. The molecule has 0 spiro atoms. The number of carbonyl (C=O) groups is 2. The van der Waals surface area contributed by atoms with Gasteiger partial charge in [-0.1, -0.05) is 23.2 Å². The standard InChI is InChI=1S/C15H17Cl2NO3/c16-12-6-11(7-13(17)8-12)15(21)18-5-1-2-10(9-18)3-4-14(19)20/h6-8,10H,1-5,9H2,(H,19,20)/t10-/m0/s1. The number of likely N-dealkylation sites (tertiary alicyclic amines) is 1. The Morgan fingerprint density at radius 1 is 1.24 bits per heavy atom. The van der Waals surface area contributed by atoms with Crippen molar-refractivity contribution in [1.82, 2.24) is 4.90 Å². The van der Waals surface area contributed by atoms with Crippen LogP contribution in [-0.4, -0.2) is 35.0 Å². The predicted molar refractivity (Wildman–Crippen MR) is 82.0 cm³/mol. The molecule has 0 unspecified atom stereocenters. The molecule has 1 saturated heterocycles. The quantitative estimate of drug-likeness (QED) is 0.915. The van der Waals surface area contributed by atoms with E-state index in [4.69, 9.17) is 28.3 Å². The first-order valence-corrected chi connectivity index (χ1v) is 7.68. The molecule has 0 bridgehead atoms. The lowest BCUT2D eigenvalue weighted by molar-refractivity contribution is -0.137. The largest absolute Gasteiger partial charge is 0.481 e. The maximum Gasteiger partial charge on any atom is 0.303 e. The van der Waals surface area contributed by atoms with E-state index in [0.717, 1.165) is 12.8 Å².